The summed E-state index contributed by atoms with van der Waals surface area (Å²) in [5.74, 6) is 1.24. The first kappa shape index (κ1) is 21.1. The maximum atomic E-state index is 12.9. The molecule has 0 amide bonds. The fraction of sp³-hybridized carbons (Fsp3) is 0.522. The first-order valence-corrected chi connectivity index (χ1v) is 11.6. The van der Waals surface area contributed by atoms with E-state index in [0.717, 1.165) is 60.3 Å². The van der Waals surface area contributed by atoms with Crippen LogP contribution < -0.4 is 5.32 Å². The smallest absolute Gasteiger partial charge is 0.313 e. The van der Waals surface area contributed by atoms with Gasteiger partial charge in [0.2, 0.25) is 0 Å². The number of aromatic nitrogens is 2. The Morgan fingerprint density at radius 1 is 1.33 bits per heavy atom. The van der Waals surface area contributed by atoms with Crippen LogP contribution >= 0.6 is 11.8 Å². The molecule has 2 atom stereocenters. The molecule has 4 rings (SSSR count). The van der Waals surface area contributed by atoms with Crippen LogP contribution in [0.3, 0.4) is 0 Å². The van der Waals surface area contributed by atoms with Crippen LogP contribution in [0, 0.1) is 11.3 Å². The molecule has 0 saturated carbocycles. The number of fused-ring (bicyclic) bond motifs is 2. The largest absolute Gasteiger partial charge is 0.466 e. The van der Waals surface area contributed by atoms with Gasteiger partial charge in [-0.3, -0.25) is 9.69 Å². The average Bonchev–Trinajstić information content (AvgIpc) is 2.72. The van der Waals surface area contributed by atoms with E-state index in [-0.39, 0.29) is 11.4 Å². The van der Waals surface area contributed by atoms with Gasteiger partial charge in [0.1, 0.15) is 5.03 Å². The molecule has 6 nitrogen and oxygen atoms in total. The number of ether oxygens (including phenoxy) is 1. The minimum Gasteiger partial charge on any atom is -0.466 e. The third kappa shape index (κ3) is 4.32. The number of benzene rings is 1. The van der Waals surface area contributed by atoms with Crippen molar-refractivity contribution in [1.29, 1.82) is 0 Å². The third-order valence-corrected chi connectivity index (χ3v) is 6.91. The SMILES string of the molecule is CCCC1(C(=O)OCC)CC(C)CN(Cc2ccc3c(c2)Nc2nccnc2S3)C1. The molecular weight excluding hydrogens is 396 g/mol. The predicted octanol–water partition coefficient (Wildman–Crippen LogP) is 4.88. The first-order valence-electron chi connectivity index (χ1n) is 10.8. The predicted molar refractivity (Wildman–Crippen MR) is 119 cm³/mol. The van der Waals surface area contributed by atoms with Crippen LogP contribution in [-0.4, -0.2) is 40.5 Å². The van der Waals surface area contributed by atoms with Gasteiger partial charge in [-0.2, -0.15) is 0 Å². The highest BCUT2D eigenvalue weighted by Crippen LogP contribution is 2.43. The van der Waals surface area contributed by atoms with Crippen molar-refractivity contribution >= 4 is 29.2 Å². The Balaban J connectivity index is 1.52. The summed E-state index contributed by atoms with van der Waals surface area (Å²) in [7, 11) is 0. The summed E-state index contributed by atoms with van der Waals surface area (Å²) >= 11 is 1.64. The van der Waals surface area contributed by atoms with Gasteiger partial charge in [-0.05, 0) is 43.4 Å². The van der Waals surface area contributed by atoms with Crippen molar-refractivity contribution in [2.75, 3.05) is 25.0 Å². The molecule has 2 aliphatic heterocycles. The number of anilines is 2. The molecule has 1 aromatic carbocycles. The topological polar surface area (TPSA) is 67.3 Å². The molecule has 2 unspecified atom stereocenters. The zero-order valence-corrected chi connectivity index (χ0v) is 18.8. The van der Waals surface area contributed by atoms with Crippen molar-refractivity contribution < 1.29 is 9.53 Å². The lowest BCUT2D eigenvalue weighted by molar-refractivity contribution is -0.161. The number of piperidine rings is 1. The minimum absolute atomic E-state index is 0.0258. The number of hydrogen-bond donors (Lipinski definition) is 1. The maximum Gasteiger partial charge on any atom is 0.313 e. The van der Waals surface area contributed by atoms with Crippen LogP contribution in [0.4, 0.5) is 11.5 Å². The van der Waals surface area contributed by atoms with E-state index < -0.39 is 0 Å². The summed E-state index contributed by atoms with van der Waals surface area (Å²) in [6.45, 7) is 9.31. The van der Waals surface area contributed by atoms with Crippen LogP contribution in [0.5, 0.6) is 0 Å². The molecule has 0 bridgehead atoms. The van der Waals surface area contributed by atoms with Crippen LogP contribution in [0.25, 0.3) is 0 Å². The molecule has 2 aliphatic rings. The van der Waals surface area contributed by atoms with Gasteiger partial charge in [-0.15, -0.1) is 0 Å². The Bertz CT molecular complexity index is 922. The zero-order chi connectivity index (χ0) is 21.1. The molecular formula is C23H30N4O2S. The lowest BCUT2D eigenvalue weighted by Crippen LogP contribution is -2.51. The van der Waals surface area contributed by atoms with Crippen molar-refractivity contribution in [2.45, 2.75) is 56.5 Å². The summed E-state index contributed by atoms with van der Waals surface area (Å²) in [6.07, 6.45) is 6.20. The van der Waals surface area contributed by atoms with Gasteiger partial charge in [0, 0.05) is 36.9 Å². The second-order valence-corrected chi connectivity index (χ2v) is 9.53. The number of likely N-dealkylation sites (tertiary alicyclic amines) is 1. The Labute approximate surface area is 182 Å². The lowest BCUT2D eigenvalue weighted by atomic mass is 9.72. The van der Waals surface area contributed by atoms with Gasteiger partial charge in [-0.25, -0.2) is 9.97 Å². The summed E-state index contributed by atoms with van der Waals surface area (Å²) in [5, 5.41) is 4.32. The Kier molecular flexibility index (Phi) is 6.29. The molecule has 0 aliphatic carbocycles. The van der Waals surface area contributed by atoms with E-state index in [0.29, 0.717) is 12.5 Å². The van der Waals surface area contributed by atoms with Gasteiger partial charge < -0.3 is 10.1 Å². The minimum atomic E-state index is -0.390. The van der Waals surface area contributed by atoms with E-state index in [1.807, 2.05) is 6.92 Å². The number of carbonyl (C=O) groups is 1. The zero-order valence-electron chi connectivity index (χ0n) is 18.0. The van der Waals surface area contributed by atoms with E-state index in [1.165, 1.54) is 5.56 Å². The van der Waals surface area contributed by atoms with E-state index in [2.05, 4.69) is 52.2 Å². The van der Waals surface area contributed by atoms with Crippen LogP contribution in [0.15, 0.2) is 40.5 Å². The molecule has 1 aromatic heterocycles. The van der Waals surface area contributed by atoms with E-state index in [4.69, 9.17) is 4.74 Å². The summed E-state index contributed by atoms with van der Waals surface area (Å²) in [4.78, 5) is 25.3. The number of nitrogens with zero attached hydrogens (tertiary/aromatic N) is 3. The quantitative estimate of drug-likeness (QED) is 0.564. The highest BCUT2D eigenvalue weighted by molar-refractivity contribution is 7.99. The molecule has 0 radical (unpaired) electrons. The molecule has 160 valence electrons. The van der Waals surface area contributed by atoms with Gasteiger partial charge in [0.25, 0.3) is 0 Å². The molecule has 0 spiro atoms. The third-order valence-electron chi connectivity index (χ3n) is 5.85. The van der Waals surface area contributed by atoms with Gasteiger partial charge in [-0.1, -0.05) is 38.1 Å². The molecule has 1 fully saturated rings. The number of esters is 1. The fourth-order valence-corrected chi connectivity index (χ4v) is 5.76. The van der Waals surface area contributed by atoms with Crippen molar-refractivity contribution in [2.24, 2.45) is 11.3 Å². The number of carbonyl (C=O) groups excluding carboxylic acids is 1. The van der Waals surface area contributed by atoms with E-state index in [9.17, 15) is 4.79 Å². The van der Waals surface area contributed by atoms with Crippen LogP contribution in [0.2, 0.25) is 0 Å². The van der Waals surface area contributed by atoms with E-state index >= 15 is 0 Å². The number of hydrogen-bond acceptors (Lipinski definition) is 7. The van der Waals surface area contributed by atoms with Gasteiger partial charge in [0.05, 0.1) is 17.7 Å². The molecule has 1 saturated heterocycles. The summed E-state index contributed by atoms with van der Waals surface area (Å²) < 4.78 is 5.50. The Hall–Kier alpha value is -2.12. The monoisotopic (exact) mass is 426 g/mol. The maximum absolute atomic E-state index is 12.9. The second-order valence-electron chi connectivity index (χ2n) is 8.50. The lowest BCUT2D eigenvalue weighted by Gasteiger charge is -2.44. The van der Waals surface area contributed by atoms with E-state index in [1.54, 1.807) is 24.2 Å². The second kappa shape index (κ2) is 8.94. The van der Waals surface area contributed by atoms with Crippen LogP contribution in [0.1, 0.15) is 45.6 Å². The molecule has 3 heterocycles. The number of rotatable bonds is 6. The Morgan fingerprint density at radius 3 is 2.97 bits per heavy atom. The number of nitrogens with one attached hydrogen (secondary N) is 1. The van der Waals surface area contributed by atoms with Crippen LogP contribution in [-0.2, 0) is 16.1 Å². The van der Waals surface area contributed by atoms with Gasteiger partial charge >= 0.3 is 5.97 Å². The van der Waals surface area contributed by atoms with Crippen molar-refractivity contribution in [1.82, 2.24) is 14.9 Å². The van der Waals surface area contributed by atoms with Crippen molar-refractivity contribution in [3.8, 4) is 0 Å². The first-order chi connectivity index (χ1) is 14.5. The molecule has 2 aromatic rings. The Morgan fingerprint density at radius 2 is 2.17 bits per heavy atom. The summed E-state index contributed by atoms with van der Waals surface area (Å²) in [5.41, 5.74) is 1.91. The molecule has 30 heavy (non-hydrogen) atoms. The van der Waals surface area contributed by atoms with Gasteiger partial charge in [0.15, 0.2) is 5.82 Å². The highest BCUT2D eigenvalue weighted by atomic mass is 32.2. The average molecular weight is 427 g/mol. The van der Waals surface area contributed by atoms with Crippen molar-refractivity contribution in [3.05, 3.63) is 36.2 Å². The highest BCUT2D eigenvalue weighted by Gasteiger charge is 2.44. The fourth-order valence-electron chi connectivity index (χ4n) is 4.88. The normalized spacial score (nSPS) is 23.2. The van der Waals surface area contributed by atoms with Crippen molar-refractivity contribution in [3.63, 3.8) is 0 Å². The molecule has 1 N–H and O–H groups in total. The molecule has 7 heteroatoms. The standard InChI is InChI=1S/C23H30N4O2S/c1-4-8-23(22(28)29-5-2)12-16(3)13-27(15-23)14-17-6-7-19-18(11-17)26-20-21(30-19)25-10-9-24-20/h6-7,9-11,16H,4-5,8,12-15H2,1-3H3,(H,24,26). The summed E-state index contributed by atoms with van der Waals surface area (Å²) in [6, 6.07) is 6.53.